The molecule has 0 radical (unpaired) electrons. The van der Waals surface area contributed by atoms with Gasteiger partial charge in [0.1, 0.15) is 12.6 Å². The molecule has 0 amide bonds. The van der Waals surface area contributed by atoms with E-state index in [0.717, 1.165) is 38.5 Å². The summed E-state index contributed by atoms with van der Waals surface area (Å²) in [6.07, 6.45) is 55.3. The lowest BCUT2D eigenvalue weighted by atomic mass is 10.0. The molecule has 384 valence electrons. The van der Waals surface area contributed by atoms with Crippen LogP contribution >= 0.6 is 0 Å². The second kappa shape index (κ2) is 48.5. The third kappa shape index (κ3) is 46.9. The van der Waals surface area contributed by atoms with Crippen LogP contribution in [0.1, 0.15) is 284 Å². The number of likely N-dealkylation sites (N-methyl/N-ethyl adjacent to an activating group) is 1. The number of carboxylic acid groups (broad SMARTS) is 1. The summed E-state index contributed by atoms with van der Waals surface area (Å²) in [4.78, 5) is 37.1. The SMILES string of the molecule is CCCCCCCC/C=C\CCCCCCCCCCCC(=O)OC(COCCC(C(=O)[O-])[N+](C)(C)C)COC(=O)CCCCCCCCCCCCCCCCCCCCCCCC. The molecule has 2 unspecified atom stereocenters. The van der Waals surface area contributed by atoms with Crippen molar-refractivity contribution in [3.8, 4) is 0 Å². The maximum atomic E-state index is 12.8. The zero-order chi connectivity index (χ0) is 47.7. The monoisotopic (exact) mass is 920 g/mol. The van der Waals surface area contributed by atoms with Gasteiger partial charge in [-0.15, -0.1) is 0 Å². The Bertz CT molecular complexity index is 1070. The molecule has 65 heavy (non-hydrogen) atoms. The van der Waals surface area contributed by atoms with Gasteiger partial charge < -0.3 is 28.6 Å². The van der Waals surface area contributed by atoms with Gasteiger partial charge in [-0.3, -0.25) is 9.59 Å². The lowest BCUT2D eigenvalue weighted by Gasteiger charge is -2.34. The van der Waals surface area contributed by atoms with Crippen molar-refractivity contribution in [2.45, 2.75) is 296 Å². The van der Waals surface area contributed by atoms with E-state index >= 15 is 0 Å². The Morgan fingerprint density at radius 3 is 1.11 bits per heavy atom. The Kier molecular flexibility index (Phi) is 47.1. The fourth-order valence-electron chi connectivity index (χ4n) is 8.78. The summed E-state index contributed by atoms with van der Waals surface area (Å²) in [6.45, 7) is 4.72. The van der Waals surface area contributed by atoms with Crippen LogP contribution in [-0.2, 0) is 28.6 Å². The van der Waals surface area contributed by atoms with E-state index in [-0.39, 0.29) is 42.7 Å². The molecule has 0 aliphatic carbocycles. The van der Waals surface area contributed by atoms with Crippen LogP contribution in [0.25, 0.3) is 0 Å². The van der Waals surface area contributed by atoms with E-state index in [9.17, 15) is 19.5 Å². The van der Waals surface area contributed by atoms with Crippen molar-refractivity contribution in [1.29, 1.82) is 0 Å². The number of aliphatic carboxylic acids is 1. The van der Waals surface area contributed by atoms with Crippen molar-refractivity contribution < 1.29 is 38.2 Å². The van der Waals surface area contributed by atoms with Gasteiger partial charge in [-0.1, -0.05) is 238 Å². The number of hydrogen-bond acceptors (Lipinski definition) is 7. The average Bonchev–Trinajstić information content (AvgIpc) is 3.27. The Morgan fingerprint density at radius 2 is 0.769 bits per heavy atom. The molecule has 8 nitrogen and oxygen atoms in total. The molecule has 0 aromatic rings. The molecule has 0 aromatic heterocycles. The molecular weight excluding hydrogens is 811 g/mol. The molecule has 2 atom stereocenters. The minimum atomic E-state index is -1.12. The maximum Gasteiger partial charge on any atom is 0.306 e. The van der Waals surface area contributed by atoms with Crippen molar-refractivity contribution in [3.05, 3.63) is 12.2 Å². The van der Waals surface area contributed by atoms with E-state index in [1.54, 1.807) is 0 Å². The molecule has 0 fully saturated rings. The van der Waals surface area contributed by atoms with Gasteiger partial charge >= 0.3 is 11.9 Å². The number of carbonyl (C=O) groups is 3. The van der Waals surface area contributed by atoms with E-state index < -0.39 is 18.1 Å². The zero-order valence-corrected chi connectivity index (χ0v) is 43.9. The molecule has 8 heteroatoms. The third-order valence-corrected chi connectivity index (χ3v) is 13.2. The molecule has 0 heterocycles. The Labute approximate surface area is 403 Å². The second-order valence-corrected chi connectivity index (χ2v) is 20.5. The Hall–Kier alpha value is -1.93. The van der Waals surface area contributed by atoms with Crippen LogP contribution in [-0.4, -0.2) is 75.5 Å². The minimum absolute atomic E-state index is 0.0464. The van der Waals surface area contributed by atoms with E-state index in [2.05, 4.69) is 26.0 Å². The van der Waals surface area contributed by atoms with Crippen LogP contribution < -0.4 is 5.11 Å². The number of rotatable bonds is 52. The largest absolute Gasteiger partial charge is 0.544 e. The average molecular weight is 920 g/mol. The first-order valence-electron chi connectivity index (χ1n) is 28.2. The molecular formula is C57H109NO7. The number of quaternary nitrogens is 1. The van der Waals surface area contributed by atoms with Crippen LogP contribution in [0, 0.1) is 0 Å². The fraction of sp³-hybridized carbons (Fsp3) is 0.912. The van der Waals surface area contributed by atoms with Crippen LogP contribution in [0.5, 0.6) is 0 Å². The van der Waals surface area contributed by atoms with Crippen LogP contribution in [0.2, 0.25) is 0 Å². The quantitative estimate of drug-likeness (QED) is 0.0259. The van der Waals surface area contributed by atoms with Crippen molar-refractivity contribution in [1.82, 2.24) is 0 Å². The molecule has 0 aliphatic heterocycles. The van der Waals surface area contributed by atoms with Gasteiger partial charge in [-0.25, -0.2) is 0 Å². The van der Waals surface area contributed by atoms with Gasteiger partial charge in [0.15, 0.2) is 6.10 Å². The standard InChI is InChI=1S/C57H109NO7/c1-6-8-10-12-14-16-18-20-22-24-26-27-28-30-31-33-35-37-39-41-43-45-47-55(59)64-52-53(51-63-50-49-54(57(61)62)58(3,4)5)65-56(60)48-46-44-42-40-38-36-34-32-29-25-23-21-19-17-15-13-11-9-7-2/h21,23,53-54H,6-20,22,24-52H2,1-5H3/b23-21-. The molecule has 0 saturated carbocycles. The lowest BCUT2D eigenvalue weighted by molar-refractivity contribution is -0.889. The fourth-order valence-corrected chi connectivity index (χ4v) is 8.78. The number of allylic oxidation sites excluding steroid dienone is 2. The molecule has 0 spiro atoms. The van der Waals surface area contributed by atoms with Gasteiger partial charge in [0.2, 0.25) is 0 Å². The Balaban J connectivity index is 4.13. The number of esters is 2. The van der Waals surface area contributed by atoms with Gasteiger partial charge in [-0.2, -0.15) is 0 Å². The summed E-state index contributed by atoms with van der Waals surface area (Å²) in [5.74, 6) is -1.71. The number of unbranched alkanes of at least 4 members (excludes halogenated alkanes) is 36. The normalized spacial score (nSPS) is 12.8. The molecule has 0 rings (SSSR count). The molecule has 0 N–H and O–H groups in total. The predicted molar refractivity (Wildman–Crippen MR) is 273 cm³/mol. The number of nitrogens with zero attached hydrogens (tertiary/aromatic N) is 1. The zero-order valence-electron chi connectivity index (χ0n) is 43.9. The van der Waals surface area contributed by atoms with Gasteiger partial charge in [0.05, 0.1) is 40.3 Å². The van der Waals surface area contributed by atoms with Crippen molar-refractivity contribution in [2.24, 2.45) is 0 Å². The second-order valence-electron chi connectivity index (χ2n) is 20.5. The predicted octanol–water partition coefficient (Wildman–Crippen LogP) is 15.3. The molecule has 0 saturated heterocycles. The first kappa shape index (κ1) is 63.1. The van der Waals surface area contributed by atoms with E-state index in [1.807, 2.05) is 21.1 Å². The smallest absolute Gasteiger partial charge is 0.306 e. The summed E-state index contributed by atoms with van der Waals surface area (Å²) < 4.78 is 17.3. The number of ether oxygens (including phenoxy) is 3. The first-order chi connectivity index (χ1) is 31.6. The number of carbonyl (C=O) groups excluding carboxylic acids is 3. The first-order valence-corrected chi connectivity index (χ1v) is 28.2. The number of hydrogen-bond donors (Lipinski definition) is 0. The van der Waals surface area contributed by atoms with E-state index in [4.69, 9.17) is 14.2 Å². The molecule has 0 aromatic carbocycles. The summed E-state index contributed by atoms with van der Waals surface area (Å²) in [7, 11) is 5.43. The van der Waals surface area contributed by atoms with Gasteiger partial charge in [0.25, 0.3) is 0 Å². The highest BCUT2D eigenvalue weighted by atomic mass is 16.6. The van der Waals surface area contributed by atoms with E-state index in [0.29, 0.717) is 12.8 Å². The van der Waals surface area contributed by atoms with Crippen LogP contribution in [0.15, 0.2) is 12.2 Å². The topological polar surface area (TPSA) is 102 Å². The van der Waals surface area contributed by atoms with Crippen LogP contribution in [0.4, 0.5) is 0 Å². The molecule has 0 bridgehead atoms. The number of carboxylic acids is 1. The molecule has 0 aliphatic rings. The highest BCUT2D eigenvalue weighted by Crippen LogP contribution is 2.17. The minimum Gasteiger partial charge on any atom is -0.544 e. The highest BCUT2D eigenvalue weighted by Gasteiger charge is 2.25. The highest BCUT2D eigenvalue weighted by molar-refractivity contribution is 5.70. The van der Waals surface area contributed by atoms with Gasteiger partial charge in [0, 0.05) is 19.3 Å². The van der Waals surface area contributed by atoms with E-state index in [1.165, 1.54) is 212 Å². The summed E-state index contributed by atoms with van der Waals surface area (Å²) in [6, 6.07) is -0.723. The summed E-state index contributed by atoms with van der Waals surface area (Å²) >= 11 is 0. The Morgan fingerprint density at radius 1 is 0.446 bits per heavy atom. The third-order valence-electron chi connectivity index (χ3n) is 13.2. The van der Waals surface area contributed by atoms with Crippen molar-refractivity contribution >= 4 is 17.9 Å². The van der Waals surface area contributed by atoms with Crippen LogP contribution in [0.3, 0.4) is 0 Å². The van der Waals surface area contributed by atoms with Crippen molar-refractivity contribution in [2.75, 3.05) is 41.0 Å². The maximum absolute atomic E-state index is 12.8. The van der Waals surface area contributed by atoms with Gasteiger partial charge in [-0.05, 0) is 38.5 Å². The summed E-state index contributed by atoms with van der Waals surface area (Å²) in [5.41, 5.74) is 0. The summed E-state index contributed by atoms with van der Waals surface area (Å²) in [5, 5.41) is 11.7. The van der Waals surface area contributed by atoms with Crippen molar-refractivity contribution in [3.63, 3.8) is 0 Å². The lowest BCUT2D eigenvalue weighted by Crippen LogP contribution is -2.55.